The van der Waals surface area contributed by atoms with E-state index >= 15 is 0 Å². The third-order valence-corrected chi connectivity index (χ3v) is 6.13. The third-order valence-electron chi connectivity index (χ3n) is 5.03. The number of amides is 1. The minimum absolute atomic E-state index is 0.0933. The summed E-state index contributed by atoms with van der Waals surface area (Å²) in [6.07, 6.45) is 1.80. The number of hydrogen-bond acceptors (Lipinski definition) is 6. The van der Waals surface area contributed by atoms with Crippen LogP contribution in [-0.2, 0) is 7.05 Å². The number of nitrogens with zero attached hydrogens (tertiary/aromatic N) is 4. The van der Waals surface area contributed by atoms with Gasteiger partial charge in [0, 0.05) is 37.9 Å². The van der Waals surface area contributed by atoms with Crippen molar-refractivity contribution in [1.29, 1.82) is 0 Å². The Hall–Kier alpha value is -2.61. The first-order chi connectivity index (χ1) is 13.0. The summed E-state index contributed by atoms with van der Waals surface area (Å²) in [6.45, 7) is 3.70. The van der Waals surface area contributed by atoms with Crippen LogP contribution in [0.2, 0.25) is 0 Å². The number of aromatic nitrogens is 3. The molecule has 8 heteroatoms. The Balaban J connectivity index is 1.38. The molecule has 7 nitrogen and oxygen atoms in total. The lowest BCUT2D eigenvalue weighted by atomic mass is 10.1. The SMILES string of the molecule is COc1ccc2sc(N3CCC(NC(=O)c4cc(C)n(C)n4)CC3)nc2c1. The molecule has 142 valence electrons. The largest absolute Gasteiger partial charge is 0.497 e. The molecule has 3 heterocycles. The molecule has 3 aromatic rings. The molecule has 1 aliphatic heterocycles. The van der Waals surface area contributed by atoms with Gasteiger partial charge in [-0.3, -0.25) is 9.48 Å². The fourth-order valence-corrected chi connectivity index (χ4v) is 4.30. The first-order valence-corrected chi connectivity index (χ1v) is 9.86. The topological polar surface area (TPSA) is 72.3 Å². The number of nitrogens with one attached hydrogen (secondary N) is 1. The number of fused-ring (bicyclic) bond motifs is 1. The van der Waals surface area contributed by atoms with E-state index in [1.165, 1.54) is 0 Å². The van der Waals surface area contributed by atoms with Crippen molar-refractivity contribution in [3.05, 3.63) is 35.7 Å². The van der Waals surface area contributed by atoms with Crippen LogP contribution in [0.3, 0.4) is 0 Å². The quantitative estimate of drug-likeness (QED) is 0.748. The average Bonchev–Trinajstić information content (AvgIpc) is 3.25. The molecule has 0 radical (unpaired) electrons. The van der Waals surface area contributed by atoms with Crippen LogP contribution in [-0.4, -0.2) is 46.9 Å². The van der Waals surface area contributed by atoms with Gasteiger partial charge in [-0.2, -0.15) is 5.10 Å². The lowest BCUT2D eigenvalue weighted by Crippen LogP contribution is -2.44. The summed E-state index contributed by atoms with van der Waals surface area (Å²) < 4.78 is 8.16. The first-order valence-electron chi connectivity index (χ1n) is 9.04. The summed E-state index contributed by atoms with van der Waals surface area (Å²) in [5.74, 6) is 0.731. The van der Waals surface area contributed by atoms with Gasteiger partial charge in [-0.15, -0.1) is 0 Å². The molecule has 27 heavy (non-hydrogen) atoms. The number of thiazole rings is 1. The van der Waals surface area contributed by atoms with Crippen LogP contribution in [0.5, 0.6) is 5.75 Å². The van der Waals surface area contributed by atoms with Crippen LogP contribution in [0.1, 0.15) is 29.0 Å². The van der Waals surface area contributed by atoms with Gasteiger partial charge in [-0.25, -0.2) is 4.98 Å². The van der Waals surface area contributed by atoms with Crippen molar-refractivity contribution in [1.82, 2.24) is 20.1 Å². The Morgan fingerprint density at radius 3 is 2.74 bits per heavy atom. The average molecular weight is 385 g/mol. The van der Waals surface area contributed by atoms with E-state index in [4.69, 9.17) is 9.72 Å². The fraction of sp³-hybridized carbons (Fsp3) is 0.421. The number of hydrogen-bond donors (Lipinski definition) is 1. The van der Waals surface area contributed by atoms with Gasteiger partial charge >= 0.3 is 0 Å². The van der Waals surface area contributed by atoms with E-state index in [0.29, 0.717) is 5.69 Å². The van der Waals surface area contributed by atoms with Gasteiger partial charge in [-0.1, -0.05) is 11.3 Å². The lowest BCUT2D eigenvalue weighted by molar-refractivity contribution is 0.0925. The Bertz CT molecular complexity index is 952. The van der Waals surface area contributed by atoms with E-state index in [2.05, 4.69) is 21.4 Å². The van der Waals surface area contributed by atoms with Gasteiger partial charge < -0.3 is 15.0 Å². The number of piperidine rings is 1. The third kappa shape index (κ3) is 3.62. The Morgan fingerprint density at radius 2 is 2.07 bits per heavy atom. The maximum Gasteiger partial charge on any atom is 0.272 e. The van der Waals surface area contributed by atoms with Crippen LogP contribution in [0.4, 0.5) is 5.13 Å². The maximum atomic E-state index is 12.4. The van der Waals surface area contributed by atoms with Crippen molar-refractivity contribution in [2.24, 2.45) is 7.05 Å². The standard InChI is InChI=1S/C19H23N5O2S/c1-12-10-16(22-23(12)2)18(25)20-13-6-8-24(9-7-13)19-21-15-11-14(26-3)4-5-17(15)27-19/h4-5,10-11,13H,6-9H2,1-3H3,(H,20,25). The highest BCUT2D eigenvalue weighted by molar-refractivity contribution is 7.22. The van der Waals surface area contributed by atoms with E-state index in [1.807, 2.05) is 32.2 Å². The Morgan fingerprint density at radius 1 is 1.30 bits per heavy atom. The zero-order valence-electron chi connectivity index (χ0n) is 15.7. The summed E-state index contributed by atoms with van der Waals surface area (Å²) >= 11 is 1.70. The Kier molecular flexibility index (Phi) is 4.73. The zero-order chi connectivity index (χ0) is 19.0. The summed E-state index contributed by atoms with van der Waals surface area (Å²) in [4.78, 5) is 19.4. The predicted octanol–water partition coefficient (Wildman–Crippen LogP) is 2.75. The molecule has 1 saturated heterocycles. The second-order valence-electron chi connectivity index (χ2n) is 6.86. The number of methoxy groups -OCH3 is 1. The maximum absolute atomic E-state index is 12.4. The summed E-state index contributed by atoms with van der Waals surface area (Å²) in [5, 5.41) is 8.40. The van der Waals surface area contributed by atoms with Crippen LogP contribution < -0.4 is 15.0 Å². The smallest absolute Gasteiger partial charge is 0.272 e. The van der Waals surface area contributed by atoms with Gasteiger partial charge in [0.2, 0.25) is 0 Å². The fourth-order valence-electron chi connectivity index (χ4n) is 3.30. The van der Waals surface area contributed by atoms with Crippen LogP contribution in [0.25, 0.3) is 10.2 Å². The molecule has 0 unspecified atom stereocenters. The van der Waals surface area contributed by atoms with Crippen molar-refractivity contribution in [2.45, 2.75) is 25.8 Å². The van der Waals surface area contributed by atoms with Crippen molar-refractivity contribution in [2.75, 3.05) is 25.1 Å². The molecular formula is C19H23N5O2S. The predicted molar refractivity (Wildman–Crippen MR) is 107 cm³/mol. The van der Waals surface area contributed by atoms with E-state index in [0.717, 1.165) is 52.7 Å². The van der Waals surface area contributed by atoms with Gasteiger partial charge in [0.1, 0.15) is 11.4 Å². The lowest BCUT2D eigenvalue weighted by Gasteiger charge is -2.31. The minimum Gasteiger partial charge on any atom is -0.497 e. The number of benzene rings is 1. The van der Waals surface area contributed by atoms with Gasteiger partial charge in [0.05, 0.1) is 17.3 Å². The van der Waals surface area contributed by atoms with E-state index in [1.54, 1.807) is 23.1 Å². The minimum atomic E-state index is -0.0933. The van der Waals surface area contributed by atoms with Crippen molar-refractivity contribution >= 4 is 32.6 Å². The highest BCUT2D eigenvalue weighted by Crippen LogP contribution is 2.32. The number of carbonyl (C=O) groups is 1. The van der Waals surface area contributed by atoms with E-state index < -0.39 is 0 Å². The molecule has 0 bridgehead atoms. The molecule has 0 atom stereocenters. The van der Waals surface area contributed by atoms with Gasteiger partial charge in [0.25, 0.3) is 5.91 Å². The highest BCUT2D eigenvalue weighted by Gasteiger charge is 2.24. The molecule has 0 saturated carbocycles. The first kappa shape index (κ1) is 17.8. The second-order valence-corrected chi connectivity index (χ2v) is 7.87. The number of ether oxygens (including phenoxy) is 1. The molecule has 2 aromatic heterocycles. The molecule has 1 aliphatic rings. The van der Waals surface area contributed by atoms with Crippen molar-refractivity contribution in [3.8, 4) is 5.75 Å². The molecule has 0 aliphatic carbocycles. The number of rotatable bonds is 4. The molecule has 1 fully saturated rings. The molecule has 1 N–H and O–H groups in total. The second kappa shape index (κ2) is 7.19. The molecule has 0 spiro atoms. The number of anilines is 1. The molecule has 4 rings (SSSR count). The van der Waals surface area contributed by atoms with Crippen LogP contribution in [0, 0.1) is 6.92 Å². The van der Waals surface area contributed by atoms with Crippen LogP contribution in [0.15, 0.2) is 24.3 Å². The number of carbonyl (C=O) groups excluding carboxylic acids is 1. The number of aryl methyl sites for hydroxylation is 2. The summed E-state index contributed by atoms with van der Waals surface area (Å²) in [5.41, 5.74) is 2.43. The van der Waals surface area contributed by atoms with E-state index in [9.17, 15) is 4.79 Å². The normalized spacial score (nSPS) is 15.3. The van der Waals surface area contributed by atoms with Crippen molar-refractivity contribution < 1.29 is 9.53 Å². The van der Waals surface area contributed by atoms with Gasteiger partial charge in [-0.05, 0) is 38.0 Å². The summed E-state index contributed by atoms with van der Waals surface area (Å²) in [7, 11) is 3.51. The Labute approximate surface area is 162 Å². The molecule has 1 amide bonds. The summed E-state index contributed by atoms with van der Waals surface area (Å²) in [6, 6.07) is 7.98. The molecular weight excluding hydrogens is 362 g/mol. The van der Waals surface area contributed by atoms with Crippen molar-refractivity contribution in [3.63, 3.8) is 0 Å². The van der Waals surface area contributed by atoms with Crippen LogP contribution >= 0.6 is 11.3 Å². The molecule has 1 aromatic carbocycles. The monoisotopic (exact) mass is 385 g/mol. The highest BCUT2D eigenvalue weighted by atomic mass is 32.1. The van der Waals surface area contributed by atoms with Gasteiger partial charge in [0.15, 0.2) is 5.13 Å². The van der Waals surface area contributed by atoms with E-state index in [-0.39, 0.29) is 11.9 Å². The zero-order valence-corrected chi connectivity index (χ0v) is 16.5.